The Labute approximate surface area is 118 Å². The Hall–Kier alpha value is -2.03. The van der Waals surface area contributed by atoms with Crippen molar-refractivity contribution < 1.29 is 9.90 Å². The van der Waals surface area contributed by atoms with Crippen molar-refractivity contribution in [2.75, 3.05) is 11.4 Å². The molecule has 1 saturated heterocycles. The van der Waals surface area contributed by atoms with E-state index in [0.717, 1.165) is 23.0 Å². The Balaban J connectivity index is 2.17. The second-order valence-corrected chi connectivity index (χ2v) is 5.52. The lowest BCUT2D eigenvalue weighted by Crippen LogP contribution is -2.37. The monoisotopic (exact) mass is 269 g/mol. The first-order chi connectivity index (χ1) is 9.68. The lowest BCUT2D eigenvalue weighted by Gasteiger charge is -2.36. The van der Waals surface area contributed by atoms with Crippen LogP contribution < -0.4 is 4.90 Å². The highest BCUT2D eigenvalue weighted by Gasteiger charge is 2.21. The number of fused-ring (bicyclic) bond motifs is 1. The van der Waals surface area contributed by atoms with Crippen molar-refractivity contribution in [1.82, 2.24) is 0 Å². The van der Waals surface area contributed by atoms with Gasteiger partial charge in [0.25, 0.3) is 0 Å². The van der Waals surface area contributed by atoms with Crippen LogP contribution >= 0.6 is 0 Å². The minimum absolute atomic E-state index is 0.383. The first kappa shape index (κ1) is 13.0. The fourth-order valence-electron chi connectivity index (χ4n) is 3.18. The minimum Gasteiger partial charge on any atom is -0.478 e. The first-order valence-electron chi connectivity index (χ1n) is 7.20. The normalized spacial score (nSPS) is 19.2. The van der Waals surface area contributed by atoms with Gasteiger partial charge in [-0.2, -0.15) is 0 Å². The minimum atomic E-state index is -0.862. The molecule has 20 heavy (non-hydrogen) atoms. The van der Waals surface area contributed by atoms with Gasteiger partial charge in [0.2, 0.25) is 0 Å². The fraction of sp³-hybridized carbons (Fsp3) is 0.353. The van der Waals surface area contributed by atoms with Crippen LogP contribution in [0, 0.1) is 0 Å². The summed E-state index contributed by atoms with van der Waals surface area (Å²) in [6.07, 6.45) is 3.69. The molecular weight excluding hydrogens is 250 g/mol. The summed E-state index contributed by atoms with van der Waals surface area (Å²) in [4.78, 5) is 13.8. The van der Waals surface area contributed by atoms with E-state index in [1.54, 1.807) is 6.07 Å². The third-order valence-corrected chi connectivity index (χ3v) is 4.24. The van der Waals surface area contributed by atoms with Crippen LogP contribution in [0.1, 0.15) is 36.5 Å². The first-order valence-corrected chi connectivity index (χ1v) is 7.20. The number of benzene rings is 2. The maximum atomic E-state index is 11.4. The molecule has 1 N–H and O–H groups in total. The van der Waals surface area contributed by atoms with E-state index in [1.807, 2.05) is 30.3 Å². The van der Waals surface area contributed by atoms with Crippen LogP contribution in [-0.4, -0.2) is 23.7 Å². The maximum absolute atomic E-state index is 11.4. The topological polar surface area (TPSA) is 40.5 Å². The number of rotatable bonds is 2. The van der Waals surface area contributed by atoms with E-state index in [9.17, 15) is 9.90 Å². The summed E-state index contributed by atoms with van der Waals surface area (Å²) >= 11 is 0. The molecule has 0 amide bonds. The van der Waals surface area contributed by atoms with Gasteiger partial charge in [-0.15, -0.1) is 0 Å². The molecule has 1 unspecified atom stereocenters. The molecule has 0 aromatic heterocycles. The van der Waals surface area contributed by atoms with E-state index < -0.39 is 5.97 Å². The van der Waals surface area contributed by atoms with Gasteiger partial charge in [-0.25, -0.2) is 4.79 Å². The van der Waals surface area contributed by atoms with E-state index in [4.69, 9.17) is 0 Å². The molecule has 2 aromatic carbocycles. The standard InChI is InChI=1S/C17H19NO2/c1-12-6-4-5-11-18(12)16-10-9-15(17(19)20)13-7-2-3-8-14(13)16/h2-3,7-10,12H,4-6,11H2,1H3,(H,19,20). The van der Waals surface area contributed by atoms with Crippen molar-refractivity contribution in [1.29, 1.82) is 0 Å². The molecule has 0 bridgehead atoms. The van der Waals surface area contributed by atoms with Crippen molar-refractivity contribution in [3.63, 3.8) is 0 Å². The molecule has 0 spiro atoms. The molecular formula is C17H19NO2. The zero-order chi connectivity index (χ0) is 14.1. The highest BCUT2D eigenvalue weighted by molar-refractivity contribution is 6.07. The predicted molar refractivity (Wildman–Crippen MR) is 81.6 cm³/mol. The number of hydrogen-bond donors (Lipinski definition) is 1. The summed E-state index contributed by atoms with van der Waals surface area (Å²) in [6, 6.07) is 12.0. The Kier molecular flexibility index (Phi) is 3.35. The molecule has 2 aromatic rings. The zero-order valence-electron chi connectivity index (χ0n) is 11.7. The van der Waals surface area contributed by atoms with Crippen LogP contribution in [0.15, 0.2) is 36.4 Å². The molecule has 104 valence electrons. The Morgan fingerprint density at radius 3 is 2.60 bits per heavy atom. The van der Waals surface area contributed by atoms with Crippen molar-refractivity contribution in [3.05, 3.63) is 42.0 Å². The highest BCUT2D eigenvalue weighted by Crippen LogP contribution is 2.33. The Bertz CT molecular complexity index is 650. The summed E-state index contributed by atoms with van der Waals surface area (Å²) in [6.45, 7) is 3.30. The number of anilines is 1. The smallest absolute Gasteiger partial charge is 0.336 e. The van der Waals surface area contributed by atoms with Gasteiger partial charge in [-0.3, -0.25) is 0 Å². The van der Waals surface area contributed by atoms with E-state index in [2.05, 4.69) is 11.8 Å². The maximum Gasteiger partial charge on any atom is 0.336 e. The predicted octanol–water partition coefficient (Wildman–Crippen LogP) is 3.92. The van der Waals surface area contributed by atoms with E-state index in [1.165, 1.54) is 19.3 Å². The number of aromatic carboxylic acids is 1. The lowest BCUT2D eigenvalue weighted by molar-refractivity contribution is 0.0699. The van der Waals surface area contributed by atoms with E-state index >= 15 is 0 Å². The average Bonchev–Trinajstić information content (AvgIpc) is 2.46. The molecule has 1 heterocycles. The molecule has 1 aliphatic rings. The summed E-state index contributed by atoms with van der Waals surface area (Å²) in [5.74, 6) is -0.862. The molecule has 3 nitrogen and oxygen atoms in total. The summed E-state index contributed by atoms with van der Waals surface area (Å²) < 4.78 is 0. The SMILES string of the molecule is CC1CCCCN1c1ccc(C(=O)O)c2ccccc12. The molecule has 1 aliphatic heterocycles. The van der Waals surface area contributed by atoms with Gasteiger partial charge < -0.3 is 10.0 Å². The van der Waals surface area contributed by atoms with E-state index in [0.29, 0.717) is 11.6 Å². The number of piperidine rings is 1. The Morgan fingerprint density at radius 1 is 1.15 bits per heavy atom. The van der Waals surface area contributed by atoms with Gasteiger partial charge >= 0.3 is 5.97 Å². The summed E-state index contributed by atoms with van der Waals surface area (Å²) in [5.41, 5.74) is 1.55. The quantitative estimate of drug-likeness (QED) is 0.898. The van der Waals surface area contributed by atoms with Gasteiger partial charge in [0.15, 0.2) is 0 Å². The van der Waals surface area contributed by atoms with Gasteiger partial charge in [-0.1, -0.05) is 24.3 Å². The average molecular weight is 269 g/mol. The third-order valence-electron chi connectivity index (χ3n) is 4.24. The van der Waals surface area contributed by atoms with Crippen LogP contribution in [0.3, 0.4) is 0 Å². The second kappa shape index (κ2) is 5.16. The molecule has 1 atom stereocenters. The molecule has 0 saturated carbocycles. The van der Waals surface area contributed by atoms with Crippen molar-refractivity contribution in [3.8, 4) is 0 Å². The van der Waals surface area contributed by atoms with Crippen LogP contribution in [0.4, 0.5) is 5.69 Å². The number of carbonyl (C=O) groups is 1. The van der Waals surface area contributed by atoms with Crippen molar-refractivity contribution in [2.45, 2.75) is 32.2 Å². The Morgan fingerprint density at radius 2 is 1.90 bits per heavy atom. The van der Waals surface area contributed by atoms with Gasteiger partial charge in [0.05, 0.1) is 5.56 Å². The van der Waals surface area contributed by atoms with Gasteiger partial charge in [0, 0.05) is 23.7 Å². The summed E-state index contributed by atoms with van der Waals surface area (Å²) in [5, 5.41) is 11.2. The lowest BCUT2D eigenvalue weighted by atomic mass is 9.98. The summed E-state index contributed by atoms with van der Waals surface area (Å²) in [7, 11) is 0. The van der Waals surface area contributed by atoms with Gasteiger partial charge in [-0.05, 0) is 43.7 Å². The van der Waals surface area contributed by atoms with Crippen LogP contribution in [0.5, 0.6) is 0 Å². The van der Waals surface area contributed by atoms with Crippen LogP contribution in [-0.2, 0) is 0 Å². The largest absolute Gasteiger partial charge is 0.478 e. The van der Waals surface area contributed by atoms with Crippen LogP contribution in [0.2, 0.25) is 0 Å². The van der Waals surface area contributed by atoms with E-state index in [-0.39, 0.29) is 0 Å². The molecule has 3 rings (SSSR count). The van der Waals surface area contributed by atoms with Crippen LogP contribution in [0.25, 0.3) is 10.8 Å². The number of carboxylic acid groups (broad SMARTS) is 1. The van der Waals surface area contributed by atoms with Gasteiger partial charge in [0.1, 0.15) is 0 Å². The second-order valence-electron chi connectivity index (χ2n) is 5.52. The fourth-order valence-corrected chi connectivity index (χ4v) is 3.18. The zero-order valence-corrected chi connectivity index (χ0v) is 11.7. The number of carboxylic acids is 1. The highest BCUT2D eigenvalue weighted by atomic mass is 16.4. The third kappa shape index (κ3) is 2.13. The molecule has 1 fully saturated rings. The van der Waals surface area contributed by atoms with Crippen molar-refractivity contribution in [2.24, 2.45) is 0 Å². The number of nitrogens with zero attached hydrogens (tertiary/aromatic N) is 1. The molecule has 3 heteroatoms. The molecule has 0 aliphatic carbocycles. The number of hydrogen-bond acceptors (Lipinski definition) is 2. The van der Waals surface area contributed by atoms with Crippen molar-refractivity contribution >= 4 is 22.4 Å². The molecule has 0 radical (unpaired) electrons.